The van der Waals surface area contributed by atoms with E-state index in [-0.39, 0.29) is 0 Å². The number of piperidine rings is 1. The normalized spacial score (nSPS) is 31.3. The van der Waals surface area contributed by atoms with Crippen LogP contribution in [0.5, 0.6) is 0 Å². The molecular formula is C18H26N2O2S. The van der Waals surface area contributed by atoms with Gasteiger partial charge in [-0.2, -0.15) is 0 Å². The molecule has 5 heteroatoms. The highest BCUT2D eigenvalue weighted by molar-refractivity contribution is 7.10. The van der Waals surface area contributed by atoms with Crippen LogP contribution in [0.2, 0.25) is 0 Å². The van der Waals surface area contributed by atoms with E-state index in [1.54, 1.807) is 11.3 Å². The number of rotatable bonds is 5. The van der Waals surface area contributed by atoms with Crippen LogP contribution in [0.4, 0.5) is 0 Å². The lowest BCUT2D eigenvalue weighted by Crippen LogP contribution is -2.54. The van der Waals surface area contributed by atoms with Crippen molar-refractivity contribution in [3.63, 3.8) is 0 Å². The number of hydrogen-bond donors (Lipinski definition) is 0. The summed E-state index contributed by atoms with van der Waals surface area (Å²) in [5.74, 6) is 1.69. The predicted octanol–water partition coefficient (Wildman–Crippen LogP) is 2.25. The van der Waals surface area contributed by atoms with Crippen LogP contribution in [0.1, 0.15) is 24.1 Å². The topological polar surface area (TPSA) is 32.8 Å². The summed E-state index contributed by atoms with van der Waals surface area (Å²) in [6.07, 6.45) is 4.63. The summed E-state index contributed by atoms with van der Waals surface area (Å²) in [6.45, 7) is 4.21. The molecule has 3 atom stereocenters. The first-order valence-corrected chi connectivity index (χ1v) is 9.69. The molecule has 0 N–H and O–H groups in total. The summed E-state index contributed by atoms with van der Waals surface area (Å²) in [7, 11) is 1.83. The van der Waals surface area contributed by atoms with E-state index in [9.17, 15) is 4.79 Å². The Kier molecular flexibility index (Phi) is 4.43. The zero-order valence-corrected chi connectivity index (χ0v) is 14.6. The molecule has 3 fully saturated rings. The largest absolute Gasteiger partial charge is 0.381 e. The Morgan fingerprint density at radius 2 is 2.22 bits per heavy atom. The third-order valence-electron chi connectivity index (χ3n) is 5.68. The van der Waals surface area contributed by atoms with E-state index < -0.39 is 0 Å². The summed E-state index contributed by atoms with van der Waals surface area (Å²) < 4.78 is 5.75. The van der Waals surface area contributed by atoms with Crippen LogP contribution < -0.4 is 0 Å². The van der Waals surface area contributed by atoms with Crippen molar-refractivity contribution in [2.45, 2.75) is 37.8 Å². The Balaban J connectivity index is 1.45. The average Bonchev–Trinajstić information content (AvgIpc) is 3.04. The Hall–Kier alpha value is -0.910. The third kappa shape index (κ3) is 3.32. The maximum absolute atomic E-state index is 12.8. The van der Waals surface area contributed by atoms with Gasteiger partial charge < -0.3 is 14.5 Å². The molecule has 126 valence electrons. The van der Waals surface area contributed by atoms with Crippen LogP contribution in [0.3, 0.4) is 0 Å². The average molecular weight is 334 g/mol. The quantitative estimate of drug-likeness (QED) is 0.828. The fourth-order valence-corrected chi connectivity index (χ4v) is 5.01. The van der Waals surface area contributed by atoms with Crippen LogP contribution >= 0.6 is 11.3 Å². The van der Waals surface area contributed by atoms with Crippen molar-refractivity contribution in [2.75, 3.05) is 33.3 Å². The number of likely N-dealkylation sites (tertiary alicyclic amines) is 2. The molecule has 1 aromatic rings. The summed E-state index contributed by atoms with van der Waals surface area (Å²) in [5.41, 5.74) is 0. The second-order valence-corrected chi connectivity index (χ2v) is 8.33. The number of amides is 1. The fourth-order valence-electron chi connectivity index (χ4n) is 4.32. The van der Waals surface area contributed by atoms with E-state index in [1.807, 2.05) is 13.2 Å². The molecule has 3 aliphatic rings. The first-order valence-electron chi connectivity index (χ1n) is 8.81. The maximum Gasteiger partial charge on any atom is 0.228 e. The van der Waals surface area contributed by atoms with Crippen molar-refractivity contribution in [3.05, 3.63) is 22.4 Å². The van der Waals surface area contributed by atoms with Gasteiger partial charge in [0.1, 0.15) is 0 Å². The van der Waals surface area contributed by atoms with E-state index in [1.165, 1.54) is 24.3 Å². The van der Waals surface area contributed by atoms with Gasteiger partial charge in [0.25, 0.3) is 0 Å². The second-order valence-electron chi connectivity index (χ2n) is 7.30. The minimum atomic E-state index is 0.297. The molecule has 0 unspecified atom stereocenters. The number of thiophene rings is 1. The molecule has 2 aliphatic heterocycles. The van der Waals surface area contributed by atoms with E-state index in [0.717, 1.165) is 32.0 Å². The molecular weight excluding hydrogens is 308 g/mol. The number of nitrogens with zero attached hydrogens (tertiary/aromatic N) is 2. The number of ether oxygens (including phenoxy) is 1. The van der Waals surface area contributed by atoms with Crippen molar-refractivity contribution >= 4 is 17.2 Å². The van der Waals surface area contributed by atoms with Crippen LogP contribution in [-0.2, 0) is 16.0 Å². The molecule has 0 bridgehead atoms. The van der Waals surface area contributed by atoms with Gasteiger partial charge in [0.05, 0.1) is 18.6 Å². The molecule has 1 aliphatic carbocycles. The predicted molar refractivity (Wildman–Crippen MR) is 91.6 cm³/mol. The SMILES string of the molecule is CO[C@@H]1CCN(C(=O)Cc2cccs2)[C@H]2CN(CC3CC3)C[C@@H]12. The Morgan fingerprint density at radius 1 is 1.35 bits per heavy atom. The maximum atomic E-state index is 12.8. The minimum Gasteiger partial charge on any atom is -0.381 e. The summed E-state index contributed by atoms with van der Waals surface area (Å²) >= 11 is 1.68. The minimum absolute atomic E-state index is 0.297. The van der Waals surface area contributed by atoms with Crippen LogP contribution in [0, 0.1) is 11.8 Å². The highest BCUT2D eigenvalue weighted by atomic mass is 32.1. The van der Waals surface area contributed by atoms with Crippen molar-refractivity contribution < 1.29 is 9.53 Å². The number of carbonyl (C=O) groups excluding carboxylic acids is 1. The molecule has 0 aromatic carbocycles. The van der Waals surface area contributed by atoms with Crippen molar-refractivity contribution in [3.8, 4) is 0 Å². The lowest BCUT2D eigenvalue weighted by atomic mass is 9.88. The van der Waals surface area contributed by atoms with E-state index in [4.69, 9.17) is 4.74 Å². The summed E-state index contributed by atoms with van der Waals surface area (Å²) in [6, 6.07) is 4.44. The molecule has 1 saturated carbocycles. The van der Waals surface area contributed by atoms with E-state index in [2.05, 4.69) is 21.2 Å². The van der Waals surface area contributed by atoms with E-state index in [0.29, 0.717) is 30.4 Å². The first-order chi connectivity index (χ1) is 11.2. The highest BCUT2D eigenvalue weighted by Gasteiger charge is 2.46. The number of carbonyl (C=O) groups is 1. The molecule has 23 heavy (non-hydrogen) atoms. The van der Waals surface area contributed by atoms with Crippen molar-refractivity contribution in [1.29, 1.82) is 0 Å². The smallest absolute Gasteiger partial charge is 0.228 e. The molecule has 1 aromatic heterocycles. The van der Waals surface area contributed by atoms with Gasteiger partial charge >= 0.3 is 0 Å². The van der Waals surface area contributed by atoms with Crippen LogP contribution in [0.15, 0.2) is 17.5 Å². The highest BCUT2D eigenvalue weighted by Crippen LogP contribution is 2.36. The number of fused-ring (bicyclic) bond motifs is 1. The lowest BCUT2D eigenvalue weighted by Gasteiger charge is -2.41. The van der Waals surface area contributed by atoms with Gasteiger partial charge in [0.15, 0.2) is 0 Å². The molecule has 3 heterocycles. The molecule has 4 nitrogen and oxygen atoms in total. The Bertz CT molecular complexity index is 543. The monoisotopic (exact) mass is 334 g/mol. The molecule has 2 saturated heterocycles. The zero-order valence-electron chi connectivity index (χ0n) is 13.8. The number of hydrogen-bond acceptors (Lipinski definition) is 4. The first kappa shape index (κ1) is 15.6. The fraction of sp³-hybridized carbons (Fsp3) is 0.722. The summed E-state index contributed by atoms with van der Waals surface area (Å²) in [4.78, 5) is 18.7. The molecule has 0 radical (unpaired) electrons. The van der Waals surface area contributed by atoms with Gasteiger partial charge in [-0.3, -0.25) is 4.79 Å². The van der Waals surface area contributed by atoms with Crippen molar-refractivity contribution in [1.82, 2.24) is 9.80 Å². The zero-order chi connectivity index (χ0) is 15.8. The van der Waals surface area contributed by atoms with Crippen LogP contribution in [0.25, 0.3) is 0 Å². The van der Waals surface area contributed by atoms with Crippen LogP contribution in [-0.4, -0.2) is 61.1 Å². The van der Waals surface area contributed by atoms with Gasteiger partial charge in [0, 0.05) is 44.1 Å². The summed E-state index contributed by atoms with van der Waals surface area (Å²) in [5, 5.41) is 2.05. The van der Waals surface area contributed by atoms with Crippen molar-refractivity contribution in [2.24, 2.45) is 11.8 Å². The second kappa shape index (κ2) is 6.54. The lowest BCUT2D eigenvalue weighted by molar-refractivity contribution is -0.138. The Morgan fingerprint density at radius 3 is 2.91 bits per heavy atom. The van der Waals surface area contributed by atoms with Gasteiger partial charge in [0.2, 0.25) is 5.91 Å². The molecule has 0 spiro atoms. The van der Waals surface area contributed by atoms with Gasteiger partial charge in [-0.1, -0.05) is 6.07 Å². The standard InChI is InChI=1S/C18H26N2O2S/c1-22-17-6-7-20(18(21)9-14-3-2-8-23-14)16-12-19(11-15(16)17)10-13-4-5-13/h2-3,8,13,15-17H,4-7,9-12H2,1H3/t15-,16+,17-/m1/s1. The van der Waals surface area contributed by atoms with Gasteiger partial charge in [-0.05, 0) is 36.6 Å². The van der Waals surface area contributed by atoms with Gasteiger partial charge in [-0.15, -0.1) is 11.3 Å². The van der Waals surface area contributed by atoms with Gasteiger partial charge in [-0.25, -0.2) is 0 Å². The number of methoxy groups -OCH3 is 1. The molecule has 1 amide bonds. The molecule has 4 rings (SSSR count). The third-order valence-corrected chi connectivity index (χ3v) is 6.56. The van der Waals surface area contributed by atoms with E-state index >= 15 is 0 Å². The Labute approximate surface area is 142 Å².